The van der Waals surface area contributed by atoms with Crippen molar-refractivity contribution in [3.8, 4) is 0 Å². The van der Waals surface area contributed by atoms with Gasteiger partial charge in [0.15, 0.2) is 0 Å². The van der Waals surface area contributed by atoms with Gasteiger partial charge in [-0.05, 0) is 36.8 Å². The van der Waals surface area contributed by atoms with Crippen LogP contribution >= 0.6 is 11.6 Å². The number of carbonyl (C=O) groups is 2. The molecule has 0 spiro atoms. The molecular weight excluding hydrogens is 348 g/mol. The Balaban J connectivity index is 1.97. The van der Waals surface area contributed by atoms with Crippen molar-refractivity contribution in [1.82, 2.24) is 9.80 Å². The van der Waals surface area contributed by atoms with Crippen molar-refractivity contribution in [1.29, 1.82) is 0 Å². The quantitative estimate of drug-likeness (QED) is 0.739. The maximum absolute atomic E-state index is 13.0. The third-order valence-electron chi connectivity index (χ3n) is 4.72. The Kier molecular flexibility index (Phi) is 7.51. The molecule has 1 heterocycles. The summed E-state index contributed by atoms with van der Waals surface area (Å²) in [6.45, 7) is 11.4. The molecule has 0 unspecified atom stereocenters. The topological polar surface area (TPSA) is 40.6 Å². The predicted molar refractivity (Wildman–Crippen MR) is 106 cm³/mol. The van der Waals surface area contributed by atoms with Crippen LogP contribution in [-0.4, -0.2) is 47.8 Å². The Hall–Kier alpha value is -1.55. The minimum Gasteiger partial charge on any atom is -0.342 e. The van der Waals surface area contributed by atoms with E-state index in [1.807, 2.05) is 21.9 Å². The number of benzene rings is 1. The van der Waals surface area contributed by atoms with Crippen molar-refractivity contribution in [2.75, 3.05) is 26.2 Å². The number of hydrogen-bond donors (Lipinski definition) is 0. The van der Waals surface area contributed by atoms with Gasteiger partial charge in [0.25, 0.3) is 5.91 Å². The molecule has 1 aliphatic rings. The first-order chi connectivity index (χ1) is 12.3. The first-order valence-corrected chi connectivity index (χ1v) is 10.00. The van der Waals surface area contributed by atoms with Crippen molar-refractivity contribution < 1.29 is 9.59 Å². The summed E-state index contributed by atoms with van der Waals surface area (Å²) < 4.78 is 0. The number of rotatable bonds is 6. The molecule has 0 aromatic heterocycles. The predicted octanol–water partition coefficient (Wildman–Crippen LogP) is 4.33. The minimum atomic E-state index is -0.0392. The molecule has 1 fully saturated rings. The minimum absolute atomic E-state index is 0.0165. The van der Waals surface area contributed by atoms with Gasteiger partial charge in [-0.15, -0.1) is 0 Å². The van der Waals surface area contributed by atoms with Gasteiger partial charge >= 0.3 is 0 Å². The van der Waals surface area contributed by atoms with Crippen molar-refractivity contribution in [2.24, 2.45) is 17.8 Å². The second-order valence-corrected chi connectivity index (χ2v) is 8.48. The summed E-state index contributed by atoms with van der Waals surface area (Å²) in [6, 6.07) is 7.14. The lowest BCUT2D eigenvalue weighted by Gasteiger charge is -2.35. The van der Waals surface area contributed by atoms with E-state index in [4.69, 9.17) is 11.6 Å². The Morgan fingerprint density at radius 1 is 1.08 bits per heavy atom. The molecule has 2 rings (SSSR count). The summed E-state index contributed by atoms with van der Waals surface area (Å²) >= 11 is 6.15. The molecular formula is C21H31ClN2O2. The van der Waals surface area contributed by atoms with Gasteiger partial charge in [0.05, 0.1) is 10.6 Å². The molecule has 0 atom stereocenters. The first kappa shape index (κ1) is 20.8. The van der Waals surface area contributed by atoms with E-state index in [0.29, 0.717) is 35.5 Å². The highest BCUT2D eigenvalue weighted by atomic mass is 35.5. The molecule has 0 bridgehead atoms. The van der Waals surface area contributed by atoms with Gasteiger partial charge in [0.1, 0.15) is 0 Å². The SMILES string of the molecule is CC(C)CN(CC(C)C)C(=O)C1CCN(C(=O)c2ccccc2Cl)CC1. The van der Waals surface area contributed by atoms with Crippen LogP contribution in [0.15, 0.2) is 24.3 Å². The van der Waals surface area contributed by atoms with Crippen LogP contribution in [0.3, 0.4) is 0 Å². The number of amides is 2. The summed E-state index contributed by atoms with van der Waals surface area (Å²) in [5.41, 5.74) is 0.542. The van der Waals surface area contributed by atoms with Crippen LogP contribution in [0.4, 0.5) is 0 Å². The molecule has 144 valence electrons. The van der Waals surface area contributed by atoms with Crippen molar-refractivity contribution in [3.05, 3.63) is 34.9 Å². The Morgan fingerprint density at radius 3 is 2.12 bits per heavy atom. The molecule has 1 aliphatic heterocycles. The van der Waals surface area contributed by atoms with Gasteiger partial charge in [0, 0.05) is 32.1 Å². The monoisotopic (exact) mass is 378 g/mol. The first-order valence-electron chi connectivity index (χ1n) is 9.62. The second-order valence-electron chi connectivity index (χ2n) is 8.08. The summed E-state index contributed by atoms with van der Waals surface area (Å²) in [7, 11) is 0. The Bertz CT molecular complexity index is 612. The maximum Gasteiger partial charge on any atom is 0.255 e. The number of nitrogens with zero attached hydrogens (tertiary/aromatic N) is 2. The van der Waals surface area contributed by atoms with Crippen LogP contribution in [0, 0.1) is 17.8 Å². The van der Waals surface area contributed by atoms with E-state index in [2.05, 4.69) is 27.7 Å². The summed E-state index contributed by atoms with van der Waals surface area (Å²) in [4.78, 5) is 29.5. The highest BCUT2D eigenvalue weighted by Crippen LogP contribution is 2.24. The van der Waals surface area contributed by atoms with Crippen LogP contribution in [0.5, 0.6) is 0 Å². The molecule has 0 aliphatic carbocycles. The standard InChI is InChI=1S/C21H31ClN2O2/c1-15(2)13-24(14-16(3)4)20(25)17-9-11-23(12-10-17)21(26)18-7-5-6-8-19(18)22/h5-8,15-17H,9-14H2,1-4H3. The molecule has 1 saturated heterocycles. The van der Waals surface area contributed by atoms with E-state index in [9.17, 15) is 9.59 Å². The number of halogens is 1. The maximum atomic E-state index is 13.0. The van der Waals surface area contributed by atoms with Crippen LogP contribution in [0.1, 0.15) is 50.9 Å². The lowest BCUT2D eigenvalue weighted by Crippen LogP contribution is -2.46. The van der Waals surface area contributed by atoms with Crippen molar-refractivity contribution in [2.45, 2.75) is 40.5 Å². The molecule has 26 heavy (non-hydrogen) atoms. The van der Waals surface area contributed by atoms with Gasteiger partial charge < -0.3 is 9.80 Å². The lowest BCUT2D eigenvalue weighted by molar-refractivity contribution is -0.138. The normalized spacial score (nSPS) is 15.6. The molecule has 5 heteroatoms. The van der Waals surface area contributed by atoms with Gasteiger partial charge in [-0.2, -0.15) is 0 Å². The Labute approximate surface area is 162 Å². The van der Waals surface area contributed by atoms with Gasteiger partial charge in [-0.1, -0.05) is 51.4 Å². The molecule has 2 amide bonds. The number of carbonyl (C=O) groups excluding carboxylic acids is 2. The highest BCUT2D eigenvalue weighted by Gasteiger charge is 2.31. The van der Waals surface area contributed by atoms with Crippen molar-refractivity contribution in [3.63, 3.8) is 0 Å². The number of piperidine rings is 1. The van der Waals surface area contributed by atoms with E-state index < -0.39 is 0 Å². The fraction of sp³-hybridized carbons (Fsp3) is 0.619. The van der Waals surface area contributed by atoms with Crippen LogP contribution in [-0.2, 0) is 4.79 Å². The second kappa shape index (κ2) is 9.40. The van der Waals surface area contributed by atoms with Gasteiger partial charge in [-0.25, -0.2) is 0 Å². The van der Waals surface area contributed by atoms with Crippen LogP contribution < -0.4 is 0 Å². The largest absolute Gasteiger partial charge is 0.342 e. The van der Waals surface area contributed by atoms with Gasteiger partial charge in [-0.3, -0.25) is 9.59 Å². The summed E-state index contributed by atoms with van der Waals surface area (Å²) in [5.74, 6) is 1.14. The third-order valence-corrected chi connectivity index (χ3v) is 5.05. The van der Waals surface area contributed by atoms with Crippen molar-refractivity contribution >= 4 is 23.4 Å². The fourth-order valence-corrected chi connectivity index (χ4v) is 3.75. The molecule has 0 radical (unpaired) electrons. The zero-order chi connectivity index (χ0) is 19.3. The average molecular weight is 379 g/mol. The smallest absolute Gasteiger partial charge is 0.255 e. The van der Waals surface area contributed by atoms with Crippen LogP contribution in [0.25, 0.3) is 0 Å². The molecule has 0 saturated carbocycles. The highest BCUT2D eigenvalue weighted by molar-refractivity contribution is 6.33. The molecule has 1 aromatic rings. The number of likely N-dealkylation sites (tertiary alicyclic amines) is 1. The van der Waals surface area contributed by atoms with E-state index in [0.717, 1.165) is 25.9 Å². The lowest BCUT2D eigenvalue weighted by atomic mass is 9.94. The van der Waals surface area contributed by atoms with Gasteiger partial charge in [0.2, 0.25) is 5.91 Å². The average Bonchev–Trinajstić information content (AvgIpc) is 2.60. The molecule has 0 N–H and O–H groups in total. The van der Waals surface area contributed by atoms with E-state index in [1.54, 1.807) is 12.1 Å². The zero-order valence-electron chi connectivity index (χ0n) is 16.4. The number of hydrogen-bond acceptors (Lipinski definition) is 2. The fourth-order valence-electron chi connectivity index (χ4n) is 3.53. The van der Waals surface area contributed by atoms with E-state index in [-0.39, 0.29) is 17.7 Å². The summed E-state index contributed by atoms with van der Waals surface area (Å²) in [5, 5.41) is 0.482. The molecule has 1 aromatic carbocycles. The molecule has 4 nitrogen and oxygen atoms in total. The Morgan fingerprint density at radius 2 is 1.62 bits per heavy atom. The zero-order valence-corrected chi connectivity index (χ0v) is 17.1. The van der Waals surface area contributed by atoms with E-state index >= 15 is 0 Å². The summed E-state index contributed by atoms with van der Waals surface area (Å²) in [6.07, 6.45) is 1.45. The third kappa shape index (κ3) is 5.47. The van der Waals surface area contributed by atoms with Crippen LogP contribution in [0.2, 0.25) is 5.02 Å². The van der Waals surface area contributed by atoms with E-state index in [1.165, 1.54) is 0 Å².